The summed E-state index contributed by atoms with van der Waals surface area (Å²) in [6.07, 6.45) is 4.24. The molecule has 126 valence electrons. The summed E-state index contributed by atoms with van der Waals surface area (Å²) >= 11 is 1.70. The monoisotopic (exact) mass is 333 g/mol. The lowest BCUT2D eigenvalue weighted by atomic mass is 9.78. The van der Waals surface area contributed by atoms with Crippen LogP contribution in [0.4, 0.5) is 0 Å². The first-order valence-corrected chi connectivity index (χ1v) is 9.29. The quantitative estimate of drug-likeness (QED) is 0.690. The second-order valence-corrected chi connectivity index (χ2v) is 7.11. The number of nitrogens with zero attached hydrogens (tertiary/aromatic N) is 1. The Hall–Kier alpha value is -1.46. The summed E-state index contributed by atoms with van der Waals surface area (Å²) in [6.45, 7) is 5.57. The van der Waals surface area contributed by atoms with Gasteiger partial charge >= 0.3 is 0 Å². The molecule has 0 radical (unpaired) electrons. The Bertz CT molecular complexity index is 601. The maximum absolute atomic E-state index is 12.7. The number of aromatic nitrogens is 1. The van der Waals surface area contributed by atoms with Crippen LogP contribution in [0.25, 0.3) is 10.2 Å². The van der Waals surface area contributed by atoms with E-state index in [0.717, 1.165) is 36.2 Å². The lowest BCUT2D eigenvalue weighted by molar-refractivity contribution is -0.131. The average molecular weight is 334 g/mol. The summed E-state index contributed by atoms with van der Waals surface area (Å²) < 4.78 is 1.19. The summed E-state index contributed by atoms with van der Waals surface area (Å²) in [6, 6.07) is 8.15. The lowest BCUT2D eigenvalue weighted by Gasteiger charge is -2.29. The molecule has 0 unspecified atom stereocenters. The highest BCUT2D eigenvalue weighted by atomic mass is 32.1. The fraction of sp³-hybridized carbons (Fsp3) is 0.556. The first-order chi connectivity index (χ1) is 11.1. The van der Waals surface area contributed by atoms with Crippen LogP contribution in [-0.2, 0) is 11.2 Å². The fourth-order valence-electron chi connectivity index (χ4n) is 2.85. The van der Waals surface area contributed by atoms with Crippen molar-refractivity contribution in [3.8, 4) is 0 Å². The van der Waals surface area contributed by atoms with Crippen molar-refractivity contribution in [3.05, 3.63) is 29.3 Å². The molecule has 1 heterocycles. The minimum Gasteiger partial charge on any atom is -0.356 e. The molecule has 1 aromatic carbocycles. The van der Waals surface area contributed by atoms with Crippen molar-refractivity contribution < 1.29 is 4.79 Å². The van der Waals surface area contributed by atoms with Gasteiger partial charge in [-0.05, 0) is 44.4 Å². The van der Waals surface area contributed by atoms with Crippen LogP contribution >= 0.6 is 11.3 Å². The second kappa shape index (κ2) is 8.41. The zero-order chi connectivity index (χ0) is 16.7. The van der Waals surface area contributed by atoms with Gasteiger partial charge in [0.1, 0.15) is 0 Å². The topological polar surface area (TPSA) is 68.0 Å². The average Bonchev–Trinajstić information content (AvgIpc) is 2.98. The Labute approximate surface area is 142 Å². The summed E-state index contributed by atoms with van der Waals surface area (Å²) in [5.41, 5.74) is 6.16. The van der Waals surface area contributed by atoms with Gasteiger partial charge in [-0.1, -0.05) is 26.0 Å². The van der Waals surface area contributed by atoms with Gasteiger partial charge in [0.25, 0.3) is 0 Å². The van der Waals surface area contributed by atoms with E-state index in [1.807, 2.05) is 18.2 Å². The van der Waals surface area contributed by atoms with Gasteiger partial charge in [-0.15, -0.1) is 11.3 Å². The van der Waals surface area contributed by atoms with Crippen molar-refractivity contribution >= 4 is 27.5 Å². The summed E-state index contributed by atoms with van der Waals surface area (Å²) in [5.74, 6) is 0.152. The predicted octanol–water partition coefficient (Wildman–Crippen LogP) is 3.50. The third kappa shape index (κ3) is 4.30. The molecule has 0 spiro atoms. The highest BCUT2D eigenvalue weighted by molar-refractivity contribution is 7.18. The minimum atomic E-state index is -0.364. The van der Waals surface area contributed by atoms with Crippen LogP contribution in [-0.4, -0.2) is 24.0 Å². The molecule has 0 saturated heterocycles. The lowest BCUT2D eigenvalue weighted by Crippen LogP contribution is -2.42. The van der Waals surface area contributed by atoms with Gasteiger partial charge in [0.05, 0.1) is 20.6 Å². The molecule has 0 aliphatic rings. The molecule has 4 nitrogen and oxygen atoms in total. The van der Waals surface area contributed by atoms with Gasteiger partial charge in [0.15, 0.2) is 0 Å². The summed E-state index contributed by atoms with van der Waals surface area (Å²) in [5, 5.41) is 4.14. The molecular formula is C18H27N3OS. The largest absolute Gasteiger partial charge is 0.356 e. The number of nitrogens with two attached hydrogens (primary N) is 1. The number of unbranched alkanes of at least 4 members (excludes halogenated alkanes) is 1. The van der Waals surface area contributed by atoms with E-state index in [4.69, 9.17) is 10.7 Å². The van der Waals surface area contributed by atoms with Gasteiger partial charge in [0.2, 0.25) is 5.91 Å². The molecule has 0 fully saturated rings. The summed E-state index contributed by atoms with van der Waals surface area (Å²) in [4.78, 5) is 17.5. The molecule has 0 atom stereocenters. The highest BCUT2D eigenvalue weighted by Gasteiger charge is 2.35. The zero-order valence-corrected chi connectivity index (χ0v) is 14.9. The third-order valence-electron chi connectivity index (χ3n) is 4.58. The number of rotatable bonds is 9. The molecule has 5 heteroatoms. The first-order valence-electron chi connectivity index (χ1n) is 8.48. The van der Waals surface area contributed by atoms with Crippen molar-refractivity contribution in [3.63, 3.8) is 0 Å². The molecule has 3 N–H and O–H groups in total. The predicted molar refractivity (Wildman–Crippen MR) is 97.6 cm³/mol. The number of thiazole rings is 1. The molecular weight excluding hydrogens is 306 g/mol. The van der Waals surface area contributed by atoms with Crippen molar-refractivity contribution in [2.45, 2.75) is 46.0 Å². The molecule has 23 heavy (non-hydrogen) atoms. The minimum absolute atomic E-state index is 0.152. The molecule has 0 bridgehead atoms. The smallest absolute Gasteiger partial charge is 0.226 e. The SMILES string of the molecule is CCC(CC)(Cc1nc2ccccc2s1)C(=O)NCCCCN. The summed E-state index contributed by atoms with van der Waals surface area (Å²) in [7, 11) is 0. The van der Waals surface area contributed by atoms with E-state index in [1.54, 1.807) is 11.3 Å². The number of hydrogen-bond donors (Lipinski definition) is 2. The normalized spacial score (nSPS) is 11.8. The number of hydrogen-bond acceptors (Lipinski definition) is 4. The van der Waals surface area contributed by atoms with E-state index < -0.39 is 0 Å². The van der Waals surface area contributed by atoms with E-state index in [0.29, 0.717) is 19.5 Å². The molecule has 2 aromatic rings. The Morgan fingerprint density at radius 2 is 2.00 bits per heavy atom. The van der Waals surface area contributed by atoms with Crippen LogP contribution in [0.3, 0.4) is 0 Å². The van der Waals surface area contributed by atoms with Gasteiger partial charge in [0, 0.05) is 13.0 Å². The van der Waals surface area contributed by atoms with E-state index in [9.17, 15) is 4.79 Å². The van der Waals surface area contributed by atoms with E-state index in [-0.39, 0.29) is 11.3 Å². The van der Waals surface area contributed by atoms with Gasteiger partial charge in [-0.2, -0.15) is 0 Å². The van der Waals surface area contributed by atoms with Crippen molar-refractivity contribution in [1.29, 1.82) is 0 Å². The second-order valence-electron chi connectivity index (χ2n) is 5.99. The van der Waals surface area contributed by atoms with Crippen LogP contribution in [0, 0.1) is 5.41 Å². The zero-order valence-electron chi connectivity index (χ0n) is 14.1. The van der Waals surface area contributed by atoms with E-state index >= 15 is 0 Å². The molecule has 0 saturated carbocycles. The van der Waals surface area contributed by atoms with E-state index in [1.165, 1.54) is 4.70 Å². The number of carbonyl (C=O) groups is 1. The molecule has 0 aliphatic heterocycles. The van der Waals surface area contributed by atoms with Crippen molar-refractivity contribution in [1.82, 2.24) is 10.3 Å². The standard InChI is InChI=1S/C18H27N3OS/c1-3-18(4-2,17(22)20-12-8-7-11-19)13-16-21-14-9-5-6-10-15(14)23-16/h5-6,9-10H,3-4,7-8,11-13,19H2,1-2H3,(H,20,22). The molecule has 1 amide bonds. The van der Waals surface area contributed by atoms with Crippen LogP contribution in [0.1, 0.15) is 44.5 Å². The molecule has 0 aliphatic carbocycles. The Kier molecular flexibility index (Phi) is 6.54. The van der Waals surface area contributed by atoms with Gasteiger partial charge in [-0.25, -0.2) is 4.98 Å². The number of nitrogens with one attached hydrogen (secondary N) is 1. The Morgan fingerprint density at radius 3 is 2.65 bits per heavy atom. The van der Waals surface area contributed by atoms with Crippen LogP contribution < -0.4 is 11.1 Å². The number of amides is 1. The number of fused-ring (bicyclic) bond motifs is 1. The molecule has 1 aromatic heterocycles. The van der Waals surface area contributed by atoms with Crippen LogP contribution in [0.5, 0.6) is 0 Å². The highest BCUT2D eigenvalue weighted by Crippen LogP contribution is 2.34. The van der Waals surface area contributed by atoms with Gasteiger partial charge in [-0.3, -0.25) is 4.79 Å². The van der Waals surface area contributed by atoms with E-state index in [2.05, 4.69) is 25.2 Å². The maximum Gasteiger partial charge on any atom is 0.226 e. The van der Waals surface area contributed by atoms with Gasteiger partial charge < -0.3 is 11.1 Å². The maximum atomic E-state index is 12.7. The number of para-hydroxylation sites is 1. The third-order valence-corrected chi connectivity index (χ3v) is 5.62. The van der Waals surface area contributed by atoms with Crippen LogP contribution in [0.15, 0.2) is 24.3 Å². The fourth-order valence-corrected chi connectivity index (χ4v) is 3.96. The Morgan fingerprint density at radius 1 is 1.26 bits per heavy atom. The number of benzene rings is 1. The molecule has 2 rings (SSSR count). The number of carbonyl (C=O) groups excluding carboxylic acids is 1. The Balaban J connectivity index is 2.10. The van der Waals surface area contributed by atoms with Crippen molar-refractivity contribution in [2.24, 2.45) is 11.1 Å². The first kappa shape index (κ1) is 17.9. The van der Waals surface area contributed by atoms with Crippen molar-refractivity contribution in [2.75, 3.05) is 13.1 Å². The van der Waals surface area contributed by atoms with Crippen LogP contribution in [0.2, 0.25) is 0 Å².